The van der Waals surface area contributed by atoms with Gasteiger partial charge in [-0.25, -0.2) is 14.4 Å². The molecule has 9 heteroatoms. The summed E-state index contributed by atoms with van der Waals surface area (Å²) in [6.45, 7) is 4.21. The second-order valence-electron chi connectivity index (χ2n) is 10.6. The molecule has 0 bridgehead atoms. The van der Waals surface area contributed by atoms with Crippen LogP contribution in [-0.4, -0.2) is 73.9 Å². The maximum absolute atomic E-state index is 14.6. The van der Waals surface area contributed by atoms with Crippen molar-refractivity contribution in [2.75, 3.05) is 52.0 Å². The molecule has 0 spiro atoms. The Bertz CT molecular complexity index is 1060. The van der Waals surface area contributed by atoms with Gasteiger partial charge in [-0.15, -0.1) is 0 Å². The molecule has 1 aliphatic carbocycles. The molecule has 37 heavy (non-hydrogen) atoms. The molecule has 0 N–H and O–H groups in total. The number of hydrogen-bond acceptors (Lipinski definition) is 7. The third-order valence-corrected chi connectivity index (χ3v) is 8.09. The molecule has 1 saturated carbocycles. The van der Waals surface area contributed by atoms with E-state index < -0.39 is 5.82 Å². The highest BCUT2D eigenvalue weighted by Gasteiger charge is 2.43. The summed E-state index contributed by atoms with van der Waals surface area (Å²) in [5, 5.41) is 0. The van der Waals surface area contributed by atoms with Crippen molar-refractivity contribution in [1.82, 2.24) is 14.9 Å². The van der Waals surface area contributed by atoms with Crippen LogP contribution in [0.1, 0.15) is 36.8 Å². The number of nitrogens with zero attached hydrogens (tertiary/aromatic N) is 4. The van der Waals surface area contributed by atoms with E-state index in [1.165, 1.54) is 25.3 Å². The monoisotopic (exact) mass is 512 g/mol. The molecule has 200 valence electrons. The van der Waals surface area contributed by atoms with E-state index in [0.717, 1.165) is 42.9 Å². The number of halogens is 1. The standard InChI is InChI=1S/C28H37FN4O4/c1-32(23-17-36-18-23)27(34)12-22-3-4-24(13-26(22)29)37-10-7-21-11-25(21)20-5-8-33(9-6-20)28-30-14-19(15-31-28)16-35-2/h3-4,13-15,20-21,23,25H,5-12,16-18H2,1-2H3/t21-,25-/m1/s1. The number of amides is 1. The van der Waals surface area contributed by atoms with E-state index >= 15 is 0 Å². The molecule has 5 rings (SSSR count). The number of piperidine rings is 1. The fraction of sp³-hybridized carbons (Fsp3) is 0.607. The molecule has 1 aromatic heterocycles. The Balaban J connectivity index is 1.01. The predicted molar refractivity (Wildman–Crippen MR) is 137 cm³/mol. The van der Waals surface area contributed by atoms with E-state index in [4.69, 9.17) is 14.2 Å². The van der Waals surface area contributed by atoms with Gasteiger partial charge in [0.25, 0.3) is 0 Å². The van der Waals surface area contributed by atoms with Gasteiger partial charge in [-0.05, 0) is 55.1 Å². The maximum atomic E-state index is 14.6. The second kappa shape index (κ2) is 11.7. The number of anilines is 1. The normalized spacial score (nSPS) is 22.0. The summed E-state index contributed by atoms with van der Waals surface area (Å²) in [5.41, 5.74) is 1.38. The molecule has 3 aliphatic rings. The van der Waals surface area contributed by atoms with Gasteiger partial charge >= 0.3 is 0 Å². The molecule has 0 unspecified atom stereocenters. The van der Waals surface area contributed by atoms with E-state index in [0.29, 0.717) is 43.7 Å². The molecular weight excluding hydrogens is 475 g/mol. The van der Waals surface area contributed by atoms with Crippen LogP contribution in [0.2, 0.25) is 0 Å². The van der Waals surface area contributed by atoms with Crippen LogP contribution in [0.4, 0.5) is 10.3 Å². The lowest BCUT2D eigenvalue weighted by Crippen LogP contribution is -2.50. The Labute approximate surface area is 218 Å². The van der Waals surface area contributed by atoms with E-state index in [9.17, 15) is 9.18 Å². The summed E-state index contributed by atoms with van der Waals surface area (Å²) >= 11 is 0. The van der Waals surface area contributed by atoms with Gasteiger partial charge in [0.15, 0.2) is 0 Å². The van der Waals surface area contributed by atoms with Gasteiger partial charge in [-0.2, -0.15) is 0 Å². The third-order valence-electron chi connectivity index (χ3n) is 8.09. The Kier molecular flexibility index (Phi) is 8.20. The van der Waals surface area contributed by atoms with Crippen LogP contribution in [-0.2, 0) is 27.3 Å². The number of carbonyl (C=O) groups excluding carboxylic acids is 1. The van der Waals surface area contributed by atoms with Crippen LogP contribution >= 0.6 is 0 Å². The molecule has 1 aromatic carbocycles. The fourth-order valence-electron chi connectivity index (χ4n) is 5.49. The van der Waals surface area contributed by atoms with Gasteiger partial charge in [0.05, 0.1) is 38.9 Å². The summed E-state index contributed by atoms with van der Waals surface area (Å²) < 4.78 is 30.7. The van der Waals surface area contributed by atoms with Crippen LogP contribution in [0.25, 0.3) is 0 Å². The van der Waals surface area contributed by atoms with Crippen LogP contribution in [0.15, 0.2) is 30.6 Å². The summed E-state index contributed by atoms with van der Waals surface area (Å²) in [6, 6.07) is 4.93. The van der Waals surface area contributed by atoms with Crippen molar-refractivity contribution >= 4 is 11.9 Å². The Morgan fingerprint density at radius 2 is 1.97 bits per heavy atom. The molecule has 1 amide bonds. The summed E-state index contributed by atoms with van der Waals surface area (Å²) in [5.74, 6) is 3.04. The molecule has 2 aliphatic heterocycles. The van der Waals surface area contributed by atoms with Gasteiger partial charge < -0.3 is 24.0 Å². The van der Waals surface area contributed by atoms with Crippen LogP contribution in [0.3, 0.4) is 0 Å². The minimum absolute atomic E-state index is 0.0485. The number of ether oxygens (including phenoxy) is 3. The number of aromatic nitrogens is 2. The number of carbonyl (C=O) groups is 1. The van der Waals surface area contributed by atoms with Crippen molar-refractivity contribution in [2.45, 2.75) is 44.8 Å². The maximum Gasteiger partial charge on any atom is 0.227 e. The summed E-state index contributed by atoms with van der Waals surface area (Å²) in [4.78, 5) is 25.3. The molecular formula is C28H37FN4O4. The first-order valence-corrected chi connectivity index (χ1v) is 13.3. The van der Waals surface area contributed by atoms with Gasteiger partial charge in [-0.3, -0.25) is 4.79 Å². The van der Waals surface area contributed by atoms with Crippen LogP contribution < -0.4 is 9.64 Å². The van der Waals surface area contributed by atoms with Gasteiger partial charge in [0, 0.05) is 51.3 Å². The zero-order valence-corrected chi connectivity index (χ0v) is 21.8. The molecule has 0 radical (unpaired) electrons. The number of rotatable bonds is 11. The molecule has 2 atom stereocenters. The number of methoxy groups -OCH3 is 1. The molecule has 3 heterocycles. The van der Waals surface area contributed by atoms with Crippen LogP contribution in [0.5, 0.6) is 5.75 Å². The minimum Gasteiger partial charge on any atom is -0.493 e. The lowest BCUT2D eigenvalue weighted by molar-refractivity contribution is -0.141. The lowest BCUT2D eigenvalue weighted by Gasteiger charge is -2.34. The predicted octanol–water partition coefficient (Wildman–Crippen LogP) is 3.48. The smallest absolute Gasteiger partial charge is 0.227 e. The van der Waals surface area contributed by atoms with Crippen molar-refractivity contribution in [2.24, 2.45) is 17.8 Å². The molecule has 8 nitrogen and oxygen atoms in total. The first kappa shape index (κ1) is 25.9. The third kappa shape index (κ3) is 6.38. The van der Waals surface area contributed by atoms with Crippen molar-refractivity contribution in [3.05, 3.63) is 47.5 Å². The van der Waals surface area contributed by atoms with E-state index in [1.54, 1.807) is 31.2 Å². The first-order valence-electron chi connectivity index (χ1n) is 13.3. The average Bonchev–Trinajstić information content (AvgIpc) is 3.65. The SMILES string of the molecule is COCc1cnc(N2CCC([C@H]3C[C@H]3CCOc3ccc(CC(=O)N(C)C4COC4)c(F)c3)CC2)nc1. The van der Waals surface area contributed by atoms with Crippen LogP contribution in [0, 0.1) is 23.6 Å². The van der Waals surface area contributed by atoms with E-state index in [-0.39, 0.29) is 18.4 Å². The zero-order valence-electron chi connectivity index (χ0n) is 21.8. The average molecular weight is 513 g/mol. The van der Waals surface area contributed by atoms with Crippen molar-refractivity contribution < 1.29 is 23.4 Å². The topological polar surface area (TPSA) is 77.0 Å². The minimum atomic E-state index is -0.391. The Hall–Kier alpha value is -2.78. The number of hydrogen-bond donors (Lipinski definition) is 0. The number of benzene rings is 1. The molecule has 2 saturated heterocycles. The second-order valence-corrected chi connectivity index (χ2v) is 10.6. The van der Waals surface area contributed by atoms with Gasteiger partial charge in [0.2, 0.25) is 11.9 Å². The Morgan fingerprint density at radius 1 is 1.22 bits per heavy atom. The van der Waals surface area contributed by atoms with E-state index in [2.05, 4.69) is 14.9 Å². The fourth-order valence-corrected chi connectivity index (χ4v) is 5.49. The first-order chi connectivity index (χ1) is 18.0. The highest BCUT2D eigenvalue weighted by atomic mass is 19.1. The van der Waals surface area contributed by atoms with Crippen molar-refractivity contribution in [3.63, 3.8) is 0 Å². The van der Waals surface area contributed by atoms with Gasteiger partial charge in [0.1, 0.15) is 11.6 Å². The molecule has 3 fully saturated rings. The summed E-state index contributed by atoms with van der Waals surface area (Å²) in [6.07, 6.45) is 8.32. The quantitative estimate of drug-likeness (QED) is 0.456. The van der Waals surface area contributed by atoms with Crippen molar-refractivity contribution in [1.29, 1.82) is 0 Å². The lowest BCUT2D eigenvalue weighted by atomic mass is 9.90. The van der Waals surface area contributed by atoms with E-state index in [1.807, 2.05) is 12.4 Å². The van der Waals surface area contributed by atoms with Gasteiger partial charge in [-0.1, -0.05) is 6.07 Å². The zero-order chi connectivity index (χ0) is 25.8. The highest BCUT2D eigenvalue weighted by Crippen LogP contribution is 2.49. The summed E-state index contributed by atoms with van der Waals surface area (Å²) in [7, 11) is 3.42. The Morgan fingerprint density at radius 3 is 2.62 bits per heavy atom. The van der Waals surface area contributed by atoms with Crippen molar-refractivity contribution in [3.8, 4) is 5.75 Å². The largest absolute Gasteiger partial charge is 0.493 e. The highest BCUT2D eigenvalue weighted by molar-refractivity contribution is 5.79. The number of likely N-dealkylation sites (N-methyl/N-ethyl adjacent to an activating group) is 1. The molecule has 2 aromatic rings.